The van der Waals surface area contributed by atoms with Crippen LogP contribution in [0.2, 0.25) is 0 Å². The molecule has 0 aromatic heterocycles. The molecule has 1 atom stereocenters. The summed E-state index contributed by atoms with van der Waals surface area (Å²) in [7, 11) is 0. The van der Waals surface area contributed by atoms with E-state index in [2.05, 4.69) is 74.6 Å². The van der Waals surface area contributed by atoms with Crippen molar-refractivity contribution in [1.29, 1.82) is 0 Å². The maximum atomic E-state index is 3.75. The first-order valence-corrected chi connectivity index (χ1v) is 9.10. The van der Waals surface area contributed by atoms with Crippen molar-refractivity contribution in [2.45, 2.75) is 57.9 Å². The van der Waals surface area contributed by atoms with Gasteiger partial charge in [-0.15, -0.1) is 0 Å². The minimum atomic E-state index is 0.0367. The highest BCUT2D eigenvalue weighted by molar-refractivity contribution is 5.43. The van der Waals surface area contributed by atoms with Gasteiger partial charge in [-0.2, -0.15) is 0 Å². The van der Waals surface area contributed by atoms with Gasteiger partial charge in [0.2, 0.25) is 0 Å². The van der Waals surface area contributed by atoms with Crippen LogP contribution in [0.4, 0.5) is 0 Å². The predicted octanol–water partition coefficient (Wildman–Crippen LogP) is 4.87. The summed E-state index contributed by atoms with van der Waals surface area (Å²) in [5, 5.41) is 3.75. The fourth-order valence-electron chi connectivity index (χ4n) is 3.92. The van der Waals surface area contributed by atoms with Gasteiger partial charge in [-0.1, -0.05) is 62.4 Å². The van der Waals surface area contributed by atoms with Crippen molar-refractivity contribution in [1.82, 2.24) is 5.32 Å². The molecular formula is C22H29N. The maximum absolute atomic E-state index is 3.75. The van der Waals surface area contributed by atoms with Crippen molar-refractivity contribution in [3.8, 4) is 0 Å². The molecule has 1 heteroatoms. The Morgan fingerprint density at radius 2 is 1.35 bits per heavy atom. The summed E-state index contributed by atoms with van der Waals surface area (Å²) in [5.74, 6) is 0. The van der Waals surface area contributed by atoms with Gasteiger partial charge in [0.15, 0.2) is 0 Å². The summed E-state index contributed by atoms with van der Waals surface area (Å²) in [4.78, 5) is 0. The van der Waals surface area contributed by atoms with Crippen molar-refractivity contribution in [3.63, 3.8) is 0 Å². The molecule has 0 aliphatic carbocycles. The first-order valence-electron chi connectivity index (χ1n) is 9.10. The minimum absolute atomic E-state index is 0.0367. The van der Waals surface area contributed by atoms with E-state index in [-0.39, 0.29) is 5.41 Å². The Labute approximate surface area is 141 Å². The Bertz CT molecular complexity index is 571. The normalized spacial score (nSPS) is 18.3. The van der Waals surface area contributed by atoms with Crippen molar-refractivity contribution >= 4 is 0 Å². The van der Waals surface area contributed by atoms with Crippen molar-refractivity contribution < 1.29 is 0 Å². The van der Waals surface area contributed by atoms with Gasteiger partial charge in [-0.3, -0.25) is 0 Å². The molecule has 122 valence electrons. The van der Waals surface area contributed by atoms with Gasteiger partial charge >= 0.3 is 0 Å². The zero-order valence-corrected chi connectivity index (χ0v) is 14.7. The second kappa shape index (κ2) is 6.88. The van der Waals surface area contributed by atoms with E-state index in [4.69, 9.17) is 0 Å². The molecule has 2 aromatic rings. The molecule has 1 aliphatic heterocycles. The van der Waals surface area contributed by atoms with Crippen molar-refractivity contribution in [3.05, 3.63) is 70.8 Å². The highest BCUT2D eigenvalue weighted by atomic mass is 15.0. The molecule has 2 aromatic carbocycles. The predicted molar refractivity (Wildman–Crippen MR) is 99.1 cm³/mol. The first kappa shape index (κ1) is 16.3. The van der Waals surface area contributed by atoms with Gasteiger partial charge < -0.3 is 5.32 Å². The van der Waals surface area contributed by atoms with E-state index >= 15 is 0 Å². The smallest absolute Gasteiger partial charge is 0.0327 e. The lowest BCUT2D eigenvalue weighted by atomic mass is 9.70. The zero-order valence-electron chi connectivity index (χ0n) is 14.7. The molecule has 0 saturated carbocycles. The lowest BCUT2D eigenvalue weighted by Gasteiger charge is -2.37. The van der Waals surface area contributed by atoms with E-state index in [1.165, 1.54) is 35.1 Å². The quantitative estimate of drug-likeness (QED) is 0.831. The highest BCUT2D eigenvalue weighted by Crippen LogP contribution is 2.39. The molecule has 23 heavy (non-hydrogen) atoms. The average Bonchev–Trinajstić information content (AvgIpc) is 3.16. The van der Waals surface area contributed by atoms with Crippen LogP contribution in [0.25, 0.3) is 0 Å². The summed E-state index contributed by atoms with van der Waals surface area (Å²) in [5.41, 5.74) is 5.72. The summed E-state index contributed by atoms with van der Waals surface area (Å²) in [6.45, 7) is 7.99. The molecule has 0 bridgehead atoms. The Balaban J connectivity index is 2.04. The summed E-state index contributed by atoms with van der Waals surface area (Å²) < 4.78 is 0. The second-order valence-electron chi connectivity index (χ2n) is 6.95. The van der Waals surface area contributed by atoms with E-state index in [0.717, 1.165) is 19.4 Å². The molecule has 1 saturated heterocycles. The van der Waals surface area contributed by atoms with Crippen LogP contribution in [0.15, 0.2) is 48.5 Å². The molecule has 3 rings (SSSR count). The molecular weight excluding hydrogens is 278 g/mol. The van der Waals surface area contributed by atoms with Crippen LogP contribution < -0.4 is 5.32 Å². The topological polar surface area (TPSA) is 12.0 Å². The Kier molecular flexibility index (Phi) is 4.87. The maximum Gasteiger partial charge on any atom is 0.0327 e. The van der Waals surface area contributed by atoms with Crippen LogP contribution in [0.3, 0.4) is 0 Å². The van der Waals surface area contributed by atoms with E-state index in [1.807, 2.05) is 0 Å². The number of benzene rings is 2. The third-order valence-corrected chi connectivity index (χ3v) is 5.68. The van der Waals surface area contributed by atoms with E-state index in [0.29, 0.717) is 6.04 Å². The third-order valence-electron chi connectivity index (χ3n) is 5.68. The van der Waals surface area contributed by atoms with Crippen molar-refractivity contribution in [2.24, 2.45) is 0 Å². The lowest BCUT2D eigenvalue weighted by molar-refractivity contribution is 0.407. The van der Waals surface area contributed by atoms with E-state index < -0.39 is 0 Å². The largest absolute Gasteiger partial charge is 0.313 e. The molecule has 1 heterocycles. The highest BCUT2D eigenvalue weighted by Gasteiger charge is 2.38. The first-order chi connectivity index (χ1) is 11.2. The molecule has 1 aliphatic rings. The van der Waals surface area contributed by atoms with Gasteiger partial charge in [-0.25, -0.2) is 0 Å². The van der Waals surface area contributed by atoms with Crippen LogP contribution in [0, 0.1) is 0 Å². The average molecular weight is 307 g/mol. The number of nitrogens with one attached hydrogen (secondary N) is 1. The Morgan fingerprint density at radius 1 is 0.870 bits per heavy atom. The van der Waals surface area contributed by atoms with Gasteiger partial charge in [0.1, 0.15) is 0 Å². The van der Waals surface area contributed by atoms with Gasteiger partial charge in [-0.05, 0) is 61.4 Å². The third kappa shape index (κ3) is 3.07. The number of aryl methyl sites for hydroxylation is 2. The van der Waals surface area contributed by atoms with Crippen LogP contribution in [0.5, 0.6) is 0 Å². The van der Waals surface area contributed by atoms with E-state index in [1.54, 1.807) is 0 Å². The SMILES string of the molecule is CCc1ccc(C(C)(c2ccc(CC)cc2)[C@H]2CCCN2)cc1. The summed E-state index contributed by atoms with van der Waals surface area (Å²) in [6, 6.07) is 19.1. The standard InChI is InChI=1S/C22H29N/c1-4-17-8-12-19(13-9-17)22(3,21-7-6-16-23-21)20-14-10-18(5-2)11-15-20/h8-15,21,23H,4-7,16H2,1-3H3/t21-/m1/s1. The number of rotatable bonds is 5. The van der Waals surface area contributed by atoms with Gasteiger partial charge in [0.05, 0.1) is 0 Å². The van der Waals surface area contributed by atoms with Crippen LogP contribution >= 0.6 is 0 Å². The second-order valence-corrected chi connectivity index (χ2v) is 6.95. The monoisotopic (exact) mass is 307 g/mol. The molecule has 0 unspecified atom stereocenters. The lowest BCUT2D eigenvalue weighted by Crippen LogP contribution is -2.44. The van der Waals surface area contributed by atoms with Crippen LogP contribution in [-0.4, -0.2) is 12.6 Å². The molecule has 1 fully saturated rings. The van der Waals surface area contributed by atoms with Gasteiger partial charge in [0.25, 0.3) is 0 Å². The fraction of sp³-hybridized carbons (Fsp3) is 0.455. The zero-order chi connectivity index (χ0) is 16.3. The Hall–Kier alpha value is -1.60. The number of hydrogen-bond donors (Lipinski definition) is 1. The summed E-state index contributed by atoms with van der Waals surface area (Å²) >= 11 is 0. The summed E-state index contributed by atoms with van der Waals surface area (Å²) in [6.07, 6.45) is 4.73. The van der Waals surface area contributed by atoms with Crippen LogP contribution in [-0.2, 0) is 18.3 Å². The minimum Gasteiger partial charge on any atom is -0.313 e. The van der Waals surface area contributed by atoms with Crippen LogP contribution in [0.1, 0.15) is 55.9 Å². The molecule has 1 N–H and O–H groups in total. The van der Waals surface area contributed by atoms with E-state index in [9.17, 15) is 0 Å². The fourth-order valence-corrected chi connectivity index (χ4v) is 3.92. The molecule has 0 radical (unpaired) electrons. The molecule has 0 amide bonds. The molecule has 0 spiro atoms. The van der Waals surface area contributed by atoms with Crippen molar-refractivity contribution in [2.75, 3.05) is 6.54 Å². The number of hydrogen-bond acceptors (Lipinski definition) is 1. The Morgan fingerprint density at radius 3 is 1.70 bits per heavy atom. The molecule has 1 nitrogen and oxygen atoms in total. The van der Waals surface area contributed by atoms with Gasteiger partial charge in [0, 0.05) is 11.5 Å².